The van der Waals surface area contributed by atoms with Crippen molar-refractivity contribution in [1.82, 2.24) is 24.5 Å². The molecule has 3 aromatic heterocycles. The highest BCUT2D eigenvalue weighted by Crippen LogP contribution is 2.39. The minimum Gasteiger partial charge on any atom is -0.598 e. The van der Waals surface area contributed by atoms with Crippen LogP contribution in [0.1, 0.15) is 51.0 Å². The van der Waals surface area contributed by atoms with E-state index < -0.39 is 28.0 Å². The Morgan fingerprint density at radius 3 is 2.47 bits per heavy atom. The van der Waals surface area contributed by atoms with Crippen LogP contribution in [-0.4, -0.2) is 40.3 Å². The van der Waals surface area contributed by atoms with Crippen molar-refractivity contribution in [3.8, 4) is 17.1 Å². The molecule has 11 heteroatoms. The van der Waals surface area contributed by atoms with Gasteiger partial charge in [0.1, 0.15) is 10.4 Å². The maximum absolute atomic E-state index is 13.2. The van der Waals surface area contributed by atoms with Crippen molar-refractivity contribution in [2.45, 2.75) is 56.7 Å². The van der Waals surface area contributed by atoms with Crippen LogP contribution in [0.3, 0.4) is 0 Å². The summed E-state index contributed by atoms with van der Waals surface area (Å²) < 4.78 is 56.7. The number of benzene rings is 1. The van der Waals surface area contributed by atoms with Crippen LogP contribution in [0.15, 0.2) is 60.8 Å². The van der Waals surface area contributed by atoms with Gasteiger partial charge in [-0.1, -0.05) is 24.3 Å². The average molecular weight is 544 g/mol. The van der Waals surface area contributed by atoms with E-state index in [0.29, 0.717) is 29.7 Å². The molecule has 1 fully saturated rings. The van der Waals surface area contributed by atoms with E-state index in [1.165, 1.54) is 16.8 Å². The number of alkyl halides is 3. The Bertz CT molecular complexity index is 1450. The Balaban J connectivity index is 1.51. The van der Waals surface area contributed by atoms with Crippen LogP contribution < -0.4 is 4.72 Å². The number of rotatable bonds is 6. The lowest BCUT2D eigenvalue weighted by Crippen LogP contribution is -2.46. The smallest absolute Gasteiger partial charge is 0.433 e. The Morgan fingerprint density at radius 1 is 1.05 bits per heavy atom. The lowest BCUT2D eigenvalue weighted by Gasteiger charge is -2.38. The van der Waals surface area contributed by atoms with Gasteiger partial charge in [-0.25, -0.2) is 9.67 Å². The molecule has 3 heterocycles. The van der Waals surface area contributed by atoms with Gasteiger partial charge in [0, 0.05) is 22.3 Å². The van der Waals surface area contributed by atoms with Crippen molar-refractivity contribution in [1.29, 1.82) is 0 Å². The minimum absolute atomic E-state index is 0.0612. The van der Waals surface area contributed by atoms with E-state index in [9.17, 15) is 22.8 Å². The summed E-state index contributed by atoms with van der Waals surface area (Å²) in [5.41, 5.74) is 1.72. The third kappa shape index (κ3) is 5.42. The summed E-state index contributed by atoms with van der Waals surface area (Å²) in [5, 5.41) is 14.9. The van der Waals surface area contributed by atoms with Crippen LogP contribution in [0.4, 0.5) is 13.2 Å². The molecule has 1 saturated carbocycles. The van der Waals surface area contributed by atoms with Crippen LogP contribution >= 0.6 is 0 Å². The fourth-order valence-electron chi connectivity index (χ4n) is 4.44. The average Bonchev–Trinajstić information content (AvgIpc) is 3.28. The van der Waals surface area contributed by atoms with Crippen LogP contribution in [0.5, 0.6) is 0 Å². The third-order valence-electron chi connectivity index (χ3n) is 6.61. The SMILES string of the molecule is CC(C)(C)[S@@+]([O-])N[C@H](c1cccc(-c2ccc3cnn(-c4cccc(C(F)(F)F)n4)c3c2)n1)C1CC(O)C1. The quantitative estimate of drug-likeness (QED) is 0.318. The van der Waals surface area contributed by atoms with Gasteiger partial charge >= 0.3 is 6.18 Å². The Morgan fingerprint density at radius 2 is 1.79 bits per heavy atom. The number of fused-ring (bicyclic) bond motifs is 1. The number of aromatic nitrogens is 4. The first-order valence-corrected chi connectivity index (χ1v) is 13.4. The first-order chi connectivity index (χ1) is 17.9. The minimum atomic E-state index is -4.56. The number of hydrogen-bond acceptors (Lipinski definition) is 6. The molecule has 200 valence electrons. The van der Waals surface area contributed by atoms with Gasteiger partial charge in [0.05, 0.1) is 35.2 Å². The zero-order valence-electron chi connectivity index (χ0n) is 21.1. The number of nitrogens with zero attached hydrogens (tertiary/aromatic N) is 4. The van der Waals surface area contributed by atoms with Crippen molar-refractivity contribution >= 4 is 22.3 Å². The van der Waals surface area contributed by atoms with Crippen molar-refractivity contribution in [2.24, 2.45) is 5.92 Å². The number of aliphatic hydroxyl groups excluding tert-OH is 1. The summed E-state index contributed by atoms with van der Waals surface area (Å²) >= 11 is -1.33. The number of aliphatic hydroxyl groups is 1. The molecule has 5 rings (SSSR count). The van der Waals surface area contributed by atoms with Crippen LogP contribution in [0.25, 0.3) is 28.0 Å². The van der Waals surface area contributed by atoms with E-state index in [0.717, 1.165) is 17.0 Å². The number of nitrogens with one attached hydrogen (secondary N) is 1. The molecule has 7 nitrogen and oxygen atoms in total. The molecule has 0 saturated heterocycles. The van der Waals surface area contributed by atoms with Gasteiger partial charge in [0.25, 0.3) is 0 Å². The van der Waals surface area contributed by atoms with Crippen molar-refractivity contribution in [3.63, 3.8) is 0 Å². The second-order valence-electron chi connectivity index (χ2n) is 10.5. The molecule has 0 amide bonds. The normalized spacial score (nSPS) is 19.8. The summed E-state index contributed by atoms with van der Waals surface area (Å²) in [6, 6.07) is 14.5. The predicted molar refractivity (Wildman–Crippen MR) is 140 cm³/mol. The van der Waals surface area contributed by atoms with E-state index in [1.54, 1.807) is 6.20 Å². The molecule has 0 radical (unpaired) electrons. The molecule has 38 heavy (non-hydrogen) atoms. The molecule has 0 spiro atoms. The first kappa shape index (κ1) is 26.6. The van der Waals surface area contributed by atoms with Gasteiger partial charge in [-0.05, 0) is 69.9 Å². The second-order valence-corrected chi connectivity index (χ2v) is 12.5. The van der Waals surface area contributed by atoms with Crippen molar-refractivity contribution in [2.75, 3.05) is 0 Å². The molecule has 0 bridgehead atoms. The zero-order chi connectivity index (χ0) is 27.2. The Hall–Kier alpha value is -2.99. The van der Waals surface area contributed by atoms with E-state index in [-0.39, 0.29) is 23.9 Å². The molecule has 1 aliphatic rings. The molecule has 1 aromatic carbocycles. The maximum atomic E-state index is 13.2. The summed E-state index contributed by atoms with van der Waals surface area (Å²) in [6.07, 6.45) is -2.16. The van der Waals surface area contributed by atoms with Crippen LogP contribution in [-0.2, 0) is 17.5 Å². The van der Waals surface area contributed by atoms with Gasteiger partial charge in [-0.3, -0.25) is 4.98 Å². The van der Waals surface area contributed by atoms with Gasteiger partial charge < -0.3 is 9.66 Å². The number of halogens is 3. The molecule has 2 N–H and O–H groups in total. The molecule has 2 atom stereocenters. The zero-order valence-corrected chi connectivity index (χ0v) is 21.9. The topological polar surface area (TPSA) is 98.9 Å². The van der Waals surface area contributed by atoms with E-state index in [1.807, 2.05) is 57.2 Å². The second kappa shape index (κ2) is 9.96. The Labute approximate surface area is 221 Å². The van der Waals surface area contributed by atoms with Crippen molar-refractivity contribution in [3.05, 3.63) is 72.2 Å². The van der Waals surface area contributed by atoms with Crippen LogP contribution in [0.2, 0.25) is 0 Å². The number of pyridine rings is 2. The van der Waals surface area contributed by atoms with E-state index >= 15 is 0 Å². The maximum Gasteiger partial charge on any atom is 0.433 e. The van der Waals surface area contributed by atoms with Crippen LogP contribution in [0, 0.1) is 5.92 Å². The highest BCUT2D eigenvalue weighted by atomic mass is 32.2. The lowest BCUT2D eigenvalue weighted by molar-refractivity contribution is -0.141. The first-order valence-electron chi connectivity index (χ1n) is 12.3. The predicted octanol–water partition coefficient (Wildman–Crippen LogP) is 5.37. The summed E-state index contributed by atoms with van der Waals surface area (Å²) in [5.74, 6) is 0.154. The third-order valence-corrected chi connectivity index (χ3v) is 8.19. The summed E-state index contributed by atoms with van der Waals surface area (Å²) in [6.45, 7) is 5.68. The summed E-state index contributed by atoms with van der Waals surface area (Å²) in [4.78, 5) is 8.64. The van der Waals surface area contributed by atoms with Gasteiger partial charge in [0.2, 0.25) is 0 Å². The van der Waals surface area contributed by atoms with Gasteiger partial charge in [-0.2, -0.15) is 18.3 Å². The van der Waals surface area contributed by atoms with Gasteiger partial charge in [-0.15, -0.1) is 4.72 Å². The number of hydrogen-bond donors (Lipinski definition) is 2. The lowest BCUT2D eigenvalue weighted by atomic mass is 9.76. The fraction of sp³-hybridized carbons (Fsp3) is 0.370. The van der Waals surface area contributed by atoms with Crippen molar-refractivity contribution < 1.29 is 22.8 Å². The molecule has 0 aliphatic heterocycles. The standard InChI is InChI=1S/C27H28F3N5O2S/c1-26(2,3)38(37)34-25(18-12-19(36)13-18)21-7-4-6-20(32-21)16-10-11-17-15-31-35(22(17)14-16)24-9-5-8-23(33-24)27(28,29)30/h4-11,14-15,18-19,25,34,36H,12-13H2,1-3H3/t18?,19?,25-,38+/m0/s1. The monoisotopic (exact) mass is 543 g/mol. The summed E-state index contributed by atoms with van der Waals surface area (Å²) in [7, 11) is 0. The largest absolute Gasteiger partial charge is 0.598 e. The van der Waals surface area contributed by atoms with E-state index in [2.05, 4.69) is 14.8 Å². The molecular formula is C27H28F3N5O2S. The Kier molecular flexibility index (Phi) is 6.97. The van der Waals surface area contributed by atoms with Gasteiger partial charge in [0.15, 0.2) is 5.82 Å². The molecular weight excluding hydrogens is 515 g/mol. The molecule has 4 aromatic rings. The molecule has 0 unspecified atom stereocenters. The van der Waals surface area contributed by atoms with E-state index in [4.69, 9.17) is 4.98 Å². The highest BCUT2D eigenvalue weighted by Gasteiger charge is 2.40. The molecule has 1 aliphatic carbocycles. The highest BCUT2D eigenvalue weighted by molar-refractivity contribution is 7.90. The fourth-order valence-corrected chi connectivity index (χ4v) is 5.33.